The summed E-state index contributed by atoms with van der Waals surface area (Å²) in [4.78, 5) is 23.3. The fourth-order valence-electron chi connectivity index (χ4n) is 1.78. The molecule has 2 N–H and O–H groups in total. The van der Waals surface area contributed by atoms with Crippen molar-refractivity contribution in [1.82, 2.24) is 0 Å². The molecule has 2 amide bonds. The van der Waals surface area contributed by atoms with Crippen molar-refractivity contribution in [3.63, 3.8) is 0 Å². The number of hydrogen-bond acceptors (Lipinski definition) is 3. The molecule has 126 valence electrons. The largest absolute Gasteiger partial charge is 0.444 e. The SMILES string of the molecule is CC(C)(C)OC(=O)Nc1cc(NC(=O)C2CC2)c(F)c(F)c1F. The molecule has 0 spiro atoms. The van der Waals surface area contributed by atoms with E-state index in [1.165, 1.54) is 0 Å². The minimum absolute atomic E-state index is 0.246. The molecule has 5 nitrogen and oxygen atoms in total. The molecule has 0 bridgehead atoms. The van der Waals surface area contributed by atoms with Crippen molar-refractivity contribution in [2.24, 2.45) is 5.92 Å². The summed E-state index contributed by atoms with van der Waals surface area (Å²) in [5, 5.41) is 4.19. The number of ether oxygens (including phenoxy) is 1. The van der Waals surface area contributed by atoms with Gasteiger partial charge in [0.1, 0.15) is 5.60 Å². The molecule has 0 aliphatic heterocycles. The van der Waals surface area contributed by atoms with Gasteiger partial charge in [0.25, 0.3) is 0 Å². The highest BCUT2D eigenvalue weighted by Crippen LogP contribution is 2.32. The van der Waals surface area contributed by atoms with Crippen LogP contribution in [0.5, 0.6) is 0 Å². The minimum atomic E-state index is -1.79. The van der Waals surface area contributed by atoms with Gasteiger partial charge >= 0.3 is 6.09 Å². The molecule has 0 radical (unpaired) electrons. The lowest BCUT2D eigenvalue weighted by Gasteiger charge is -2.20. The average Bonchev–Trinajstić information content (AvgIpc) is 3.24. The van der Waals surface area contributed by atoms with Crippen LogP contribution in [-0.2, 0) is 9.53 Å². The first-order valence-electron chi connectivity index (χ1n) is 7.07. The van der Waals surface area contributed by atoms with Gasteiger partial charge in [0.05, 0.1) is 11.4 Å². The number of carbonyl (C=O) groups is 2. The Kier molecular flexibility index (Phi) is 4.53. The van der Waals surface area contributed by atoms with E-state index in [-0.39, 0.29) is 5.92 Å². The molecule has 0 heterocycles. The lowest BCUT2D eigenvalue weighted by atomic mass is 10.2. The topological polar surface area (TPSA) is 67.4 Å². The van der Waals surface area contributed by atoms with Crippen LogP contribution in [0.15, 0.2) is 6.07 Å². The summed E-state index contributed by atoms with van der Waals surface area (Å²) in [5.41, 5.74) is -2.00. The summed E-state index contributed by atoms with van der Waals surface area (Å²) in [6.45, 7) is 4.78. The molecule has 0 atom stereocenters. The van der Waals surface area contributed by atoms with Crippen LogP contribution in [-0.4, -0.2) is 17.6 Å². The Labute approximate surface area is 131 Å². The standard InChI is InChI=1S/C15H17F3N2O3/c1-15(2,3)23-14(22)20-9-6-8(10(16)12(18)11(9)17)19-13(21)7-4-5-7/h6-7H,4-5H2,1-3H3,(H,19,21)(H,20,22). The Morgan fingerprint density at radius 2 is 1.57 bits per heavy atom. The molecule has 0 aromatic heterocycles. The van der Waals surface area contributed by atoms with Crippen molar-refractivity contribution in [2.75, 3.05) is 10.6 Å². The fraction of sp³-hybridized carbons (Fsp3) is 0.467. The number of hydrogen-bond donors (Lipinski definition) is 2. The van der Waals surface area contributed by atoms with Gasteiger partial charge in [-0.25, -0.2) is 18.0 Å². The molecular formula is C15H17F3N2O3. The molecule has 0 saturated heterocycles. The molecular weight excluding hydrogens is 313 g/mol. The zero-order valence-corrected chi connectivity index (χ0v) is 12.9. The smallest absolute Gasteiger partial charge is 0.412 e. The zero-order valence-electron chi connectivity index (χ0n) is 12.9. The second-order valence-electron chi connectivity index (χ2n) is 6.30. The first-order chi connectivity index (χ1) is 10.6. The van der Waals surface area contributed by atoms with E-state index in [0.29, 0.717) is 12.8 Å². The Bertz CT molecular complexity index is 652. The van der Waals surface area contributed by atoms with E-state index in [9.17, 15) is 22.8 Å². The third kappa shape index (κ3) is 4.37. The number of nitrogens with one attached hydrogen (secondary N) is 2. The number of rotatable bonds is 3. The van der Waals surface area contributed by atoms with Gasteiger partial charge in [-0.1, -0.05) is 0 Å². The number of halogens is 3. The maximum atomic E-state index is 13.7. The van der Waals surface area contributed by atoms with Crippen molar-refractivity contribution in [3.8, 4) is 0 Å². The quantitative estimate of drug-likeness (QED) is 0.829. The Morgan fingerprint density at radius 3 is 2.04 bits per heavy atom. The zero-order chi connectivity index (χ0) is 17.4. The van der Waals surface area contributed by atoms with Crippen LogP contribution in [0.1, 0.15) is 33.6 Å². The fourth-order valence-corrected chi connectivity index (χ4v) is 1.78. The van der Waals surface area contributed by atoms with Gasteiger partial charge in [-0.2, -0.15) is 0 Å². The molecule has 1 aromatic rings. The van der Waals surface area contributed by atoms with E-state index in [0.717, 1.165) is 6.07 Å². The van der Waals surface area contributed by atoms with Crippen molar-refractivity contribution >= 4 is 23.4 Å². The molecule has 2 rings (SSSR count). The van der Waals surface area contributed by atoms with Gasteiger partial charge in [-0.15, -0.1) is 0 Å². The van der Waals surface area contributed by atoms with Crippen LogP contribution in [0, 0.1) is 23.4 Å². The van der Waals surface area contributed by atoms with E-state index in [4.69, 9.17) is 4.74 Å². The summed E-state index contributed by atoms with van der Waals surface area (Å²) in [7, 11) is 0. The number of anilines is 2. The molecule has 1 aromatic carbocycles. The highest BCUT2D eigenvalue weighted by Gasteiger charge is 2.31. The van der Waals surface area contributed by atoms with E-state index < -0.39 is 46.4 Å². The van der Waals surface area contributed by atoms with Crippen LogP contribution in [0.25, 0.3) is 0 Å². The first-order valence-corrected chi connectivity index (χ1v) is 7.07. The maximum Gasteiger partial charge on any atom is 0.412 e. The summed E-state index contributed by atoms with van der Waals surface area (Å²) in [6, 6.07) is 0.817. The summed E-state index contributed by atoms with van der Waals surface area (Å²) >= 11 is 0. The van der Waals surface area contributed by atoms with Crippen LogP contribution < -0.4 is 10.6 Å². The van der Waals surface area contributed by atoms with E-state index in [1.807, 2.05) is 5.32 Å². The maximum absolute atomic E-state index is 13.7. The van der Waals surface area contributed by atoms with Crippen molar-refractivity contribution < 1.29 is 27.5 Å². The third-order valence-corrected chi connectivity index (χ3v) is 2.99. The molecule has 1 fully saturated rings. The molecule has 23 heavy (non-hydrogen) atoms. The van der Waals surface area contributed by atoms with E-state index >= 15 is 0 Å². The highest BCUT2D eigenvalue weighted by atomic mass is 19.2. The monoisotopic (exact) mass is 330 g/mol. The van der Waals surface area contributed by atoms with E-state index in [1.54, 1.807) is 20.8 Å². The van der Waals surface area contributed by atoms with Crippen LogP contribution in [0.4, 0.5) is 29.3 Å². The summed E-state index contributed by atoms with van der Waals surface area (Å²) in [5.74, 6) is -5.60. The Morgan fingerprint density at radius 1 is 1.04 bits per heavy atom. The second-order valence-corrected chi connectivity index (χ2v) is 6.30. The van der Waals surface area contributed by atoms with Gasteiger partial charge in [-0.05, 0) is 39.7 Å². The Hall–Kier alpha value is -2.25. The predicted octanol–water partition coefficient (Wildman–Crippen LogP) is 3.80. The molecule has 1 aliphatic carbocycles. The lowest BCUT2D eigenvalue weighted by molar-refractivity contribution is -0.117. The lowest BCUT2D eigenvalue weighted by Crippen LogP contribution is -2.27. The molecule has 1 aliphatic rings. The van der Waals surface area contributed by atoms with Crippen LogP contribution in [0.2, 0.25) is 0 Å². The molecule has 1 saturated carbocycles. The van der Waals surface area contributed by atoms with E-state index in [2.05, 4.69) is 5.32 Å². The number of amides is 2. The average molecular weight is 330 g/mol. The van der Waals surface area contributed by atoms with Gasteiger partial charge in [-0.3, -0.25) is 10.1 Å². The first kappa shape index (κ1) is 17.1. The van der Waals surface area contributed by atoms with Crippen molar-refractivity contribution in [1.29, 1.82) is 0 Å². The predicted molar refractivity (Wildman–Crippen MR) is 77.5 cm³/mol. The van der Waals surface area contributed by atoms with Gasteiger partial charge in [0.15, 0.2) is 17.5 Å². The highest BCUT2D eigenvalue weighted by molar-refractivity contribution is 5.95. The minimum Gasteiger partial charge on any atom is -0.444 e. The second kappa shape index (κ2) is 6.10. The summed E-state index contributed by atoms with van der Waals surface area (Å²) < 4.78 is 46.0. The summed E-state index contributed by atoms with van der Waals surface area (Å²) in [6.07, 6.45) is 0.308. The number of carbonyl (C=O) groups excluding carboxylic acids is 2. The third-order valence-electron chi connectivity index (χ3n) is 2.99. The van der Waals surface area contributed by atoms with Crippen molar-refractivity contribution in [2.45, 2.75) is 39.2 Å². The van der Waals surface area contributed by atoms with Gasteiger partial charge < -0.3 is 10.1 Å². The van der Waals surface area contributed by atoms with Crippen molar-refractivity contribution in [3.05, 3.63) is 23.5 Å². The Balaban J connectivity index is 2.23. The van der Waals surface area contributed by atoms with Crippen LogP contribution in [0.3, 0.4) is 0 Å². The molecule has 0 unspecified atom stereocenters. The normalized spacial score (nSPS) is 14.3. The van der Waals surface area contributed by atoms with Crippen LogP contribution >= 0.6 is 0 Å². The van der Waals surface area contributed by atoms with Gasteiger partial charge in [0.2, 0.25) is 5.91 Å². The number of benzene rings is 1. The van der Waals surface area contributed by atoms with Gasteiger partial charge in [0, 0.05) is 5.92 Å². The molecule has 8 heteroatoms.